The van der Waals surface area contributed by atoms with Gasteiger partial charge in [-0.1, -0.05) is 19.8 Å². The first-order valence-corrected chi connectivity index (χ1v) is 5.83. The number of carboxylic acid groups (broad SMARTS) is 1. The zero-order valence-corrected chi connectivity index (χ0v) is 9.73. The third kappa shape index (κ3) is 1.77. The van der Waals surface area contributed by atoms with E-state index in [-0.39, 0.29) is 11.8 Å². The van der Waals surface area contributed by atoms with E-state index in [1.807, 2.05) is 6.92 Å². The Balaban J connectivity index is 2.24. The molecule has 17 heavy (non-hydrogen) atoms. The third-order valence-electron chi connectivity index (χ3n) is 3.79. The van der Waals surface area contributed by atoms with E-state index in [0.717, 1.165) is 24.2 Å². The van der Waals surface area contributed by atoms with Gasteiger partial charge in [-0.3, -0.25) is 14.5 Å². The van der Waals surface area contributed by atoms with Crippen molar-refractivity contribution < 1.29 is 19.5 Å². The summed E-state index contributed by atoms with van der Waals surface area (Å²) in [5, 5.41) is 11.4. The molecule has 0 aromatic heterocycles. The Labute approximate surface area is 99.0 Å². The first-order chi connectivity index (χ1) is 7.97. The Morgan fingerprint density at radius 3 is 2.82 bits per heavy atom. The van der Waals surface area contributed by atoms with E-state index in [4.69, 9.17) is 5.11 Å². The van der Waals surface area contributed by atoms with Crippen LogP contribution in [0.25, 0.3) is 0 Å². The molecule has 0 radical (unpaired) electrons. The van der Waals surface area contributed by atoms with Gasteiger partial charge in [0, 0.05) is 0 Å². The third-order valence-corrected chi connectivity index (χ3v) is 3.79. The van der Waals surface area contributed by atoms with Gasteiger partial charge >= 0.3 is 12.0 Å². The maximum absolute atomic E-state index is 12.2. The summed E-state index contributed by atoms with van der Waals surface area (Å²) in [5.41, 5.74) is -0.856. The first kappa shape index (κ1) is 11.9. The van der Waals surface area contributed by atoms with Crippen LogP contribution in [0.3, 0.4) is 0 Å². The average molecular weight is 240 g/mol. The summed E-state index contributed by atoms with van der Waals surface area (Å²) < 4.78 is 0. The predicted molar refractivity (Wildman–Crippen MR) is 58.2 cm³/mol. The van der Waals surface area contributed by atoms with Gasteiger partial charge in [-0.15, -0.1) is 0 Å². The monoisotopic (exact) mass is 240 g/mol. The maximum atomic E-state index is 12.2. The highest BCUT2D eigenvalue weighted by Gasteiger charge is 2.55. The SMILES string of the molecule is C[C@@H]1CCCC[C@]12NC(=O)N(CC(=O)O)C2=O. The Kier molecular flexibility index (Phi) is 2.81. The number of nitrogens with zero attached hydrogens (tertiary/aromatic N) is 1. The fraction of sp³-hybridized carbons (Fsp3) is 0.727. The standard InChI is InChI=1S/C11H16N2O4/c1-7-4-2-3-5-11(7)9(16)13(6-8(14)15)10(17)12-11/h7H,2-6H2,1H3,(H,12,17)(H,14,15)/t7-,11+/m1/s1. The number of carbonyl (C=O) groups is 3. The largest absolute Gasteiger partial charge is 0.480 e. The Hall–Kier alpha value is -1.59. The van der Waals surface area contributed by atoms with Gasteiger partial charge in [0.1, 0.15) is 12.1 Å². The molecular formula is C11H16N2O4. The molecule has 6 nitrogen and oxygen atoms in total. The lowest BCUT2D eigenvalue weighted by Crippen LogP contribution is -2.54. The molecule has 2 rings (SSSR count). The maximum Gasteiger partial charge on any atom is 0.325 e. The second-order valence-electron chi connectivity index (χ2n) is 4.83. The average Bonchev–Trinajstić information content (AvgIpc) is 2.48. The van der Waals surface area contributed by atoms with E-state index < -0.39 is 24.1 Å². The molecule has 3 amide bonds. The molecule has 6 heteroatoms. The Bertz CT molecular complexity index is 382. The molecule has 1 heterocycles. The minimum Gasteiger partial charge on any atom is -0.480 e. The van der Waals surface area contributed by atoms with Crippen LogP contribution >= 0.6 is 0 Å². The van der Waals surface area contributed by atoms with E-state index in [1.54, 1.807) is 0 Å². The normalized spacial score (nSPS) is 33.0. The lowest BCUT2D eigenvalue weighted by atomic mass is 9.73. The highest BCUT2D eigenvalue weighted by atomic mass is 16.4. The van der Waals surface area contributed by atoms with Crippen LogP contribution < -0.4 is 5.32 Å². The molecule has 94 valence electrons. The summed E-state index contributed by atoms with van der Waals surface area (Å²) in [7, 11) is 0. The fourth-order valence-electron chi connectivity index (χ4n) is 2.77. The smallest absolute Gasteiger partial charge is 0.325 e. The van der Waals surface area contributed by atoms with E-state index in [9.17, 15) is 14.4 Å². The summed E-state index contributed by atoms with van der Waals surface area (Å²) in [6.45, 7) is 1.38. The molecule has 0 aromatic carbocycles. The molecule has 2 aliphatic rings. The van der Waals surface area contributed by atoms with Crippen LogP contribution in [0, 0.1) is 5.92 Å². The summed E-state index contributed by atoms with van der Waals surface area (Å²) >= 11 is 0. The molecule has 1 saturated heterocycles. The number of hydrogen-bond acceptors (Lipinski definition) is 3. The van der Waals surface area contributed by atoms with Crippen molar-refractivity contribution >= 4 is 17.9 Å². The summed E-state index contributed by atoms with van der Waals surface area (Å²) in [4.78, 5) is 35.3. The zero-order chi connectivity index (χ0) is 12.6. The number of carboxylic acids is 1. The van der Waals surface area contributed by atoms with Gasteiger partial charge in [0.2, 0.25) is 0 Å². The second-order valence-corrected chi connectivity index (χ2v) is 4.83. The van der Waals surface area contributed by atoms with Crippen molar-refractivity contribution in [3.05, 3.63) is 0 Å². The molecule has 1 saturated carbocycles. The molecule has 1 spiro atoms. The van der Waals surface area contributed by atoms with E-state index >= 15 is 0 Å². The van der Waals surface area contributed by atoms with Crippen LogP contribution in [-0.2, 0) is 9.59 Å². The number of nitrogens with one attached hydrogen (secondary N) is 1. The van der Waals surface area contributed by atoms with Gasteiger partial charge in [0.05, 0.1) is 0 Å². The molecule has 0 bridgehead atoms. The number of aliphatic carboxylic acids is 1. The van der Waals surface area contributed by atoms with Crippen molar-refractivity contribution in [1.82, 2.24) is 10.2 Å². The highest BCUT2D eigenvalue weighted by molar-refractivity contribution is 6.08. The van der Waals surface area contributed by atoms with Crippen molar-refractivity contribution in [3.8, 4) is 0 Å². The van der Waals surface area contributed by atoms with Gasteiger partial charge in [-0.2, -0.15) is 0 Å². The van der Waals surface area contributed by atoms with Crippen LogP contribution in [0.1, 0.15) is 32.6 Å². The lowest BCUT2D eigenvalue weighted by molar-refractivity contribution is -0.143. The van der Waals surface area contributed by atoms with Gasteiger partial charge < -0.3 is 10.4 Å². The molecule has 2 atom stereocenters. The van der Waals surface area contributed by atoms with Crippen LogP contribution in [0.15, 0.2) is 0 Å². The number of imide groups is 1. The van der Waals surface area contributed by atoms with E-state index in [2.05, 4.69) is 5.32 Å². The van der Waals surface area contributed by atoms with Gasteiger partial charge in [-0.05, 0) is 18.8 Å². The van der Waals surface area contributed by atoms with Crippen LogP contribution in [0.2, 0.25) is 0 Å². The Morgan fingerprint density at radius 1 is 1.53 bits per heavy atom. The lowest BCUT2D eigenvalue weighted by Gasteiger charge is -2.36. The summed E-state index contributed by atoms with van der Waals surface area (Å²) in [6, 6.07) is -0.578. The van der Waals surface area contributed by atoms with Crippen LogP contribution in [0.4, 0.5) is 4.79 Å². The number of amides is 3. The van der Waals surface area contributed by atoms with Gasteiger partial charge in [0.15, 0.2) is 0 Å². The summed E-state index contributed by atoms with van der Waals surface area (Å²) in [6.07, 6.45) is 3.42. The van der Waals surface area contributed by atoms with Crippen molar-refractivity contribution in [1.29, 1.82) is 0 Å². The molecule has 2 N–H and O–H groups in total. The molecule has 2 fully saturated rings. The molecule has 0 aromatic rings. The zero-order valence-electron chi connectivity index (χ0n) is 9.73. The molecule has 1 aliphatic carbocycles. The number of urea groups is 1. The number of hydrogen-bond donors (Lipinski definition) is 2. The van der Waals surface area contributed by atoms with Crippen molar-refractivity contribution in [2.45, 2.75) is 38.1 Å². The summed E-state index contributed by atoms with van der Waals surface area (Å²) in [5.74, 6) is -1.49. The topological polar surface area (TPSA) is 86.7 Å². The van der Waals surface area contributed by atoms with E-state index in [1.165, 1.54) is 0 Å². The Morgan fingerprint density at radius 2 is 2.24 bits per heavy atom. The van der Waals surface area contributed by atoms with Crippen LogP contribution in [-0.4, -0.2) is 40.0 Å². The van der Waals surface area contributed by atoms with Crippen molar-refractivity contribution in [2.24, 2.45) is 5.92 Å². The quantitative estimate of drug-likeness (QED) is 0.691. The molecule has 1 aliphatic heterocycles. The van der Waals surface area contributed by atoms with Crippen molar-refractivity contribution in [3.63, 3.8) is 0 Å². The molecular weight excluding hydrogens is 224 g/mol. The minimum atomic E-state index is -1.17. The molecule has 0 unspecified atom stereocenters. The second kappa shape index (κ2) is 4.01. The minimum absolute atomic E-state index is 0.0616. The number of rotatable bonds is 2. The van der Waals surface area contributed by atoms with Crippen LogP contribution in [0.5, 0.6) is 0 Å². The van der Waals surface area contributed by atoms with Gasteiger partial charge in [0.25, 0.3) is 5.91 Å². The van der Waals surface area contributed by atoms with E-state index in [0.29, 0.717) is 6.42 Å². The highest BCUT2D eigenvalue weighted by Crippen LogP contribution is 2.37. The first-order valence-electron chi connectivity index (χ1n) is 5.83. The number of carbonyl (C=O) groups excluding carboxylic acids is 2. The van der Waals surface area contributed by atoms with Crippen molar-refractivity contribution in [2.75, 3.05) is 6.54 Å². The fourth-order valence-corrected chi connectivity index (χ4v) is 2.77. The predicted octanol–water partition coefficient (Wildman–Crippen LogP) is 0.572. The van der Waals surface area contributed by atoms with Gasteiger partial charge in [-0.25, -0.2) is 4.79 Å².